The molecule has 0 heterocycles. The van der Waals surface area contributed by atoms with Crippen molar-refractivity contribution in [3.05, 3.63) is 65.2 Å². The molecule has 0 saturated carbocycles. The van der Waals surface area contributed by atoms with Gasteiger partial charge in [-0.3, -0.25) is 4.79 Å². The first kappa shape index (κ1) is 14.9. The number of carbonyl (C=O) groups excluding carboxylic acids is 1. The minimum absolute atomic E-state index is 0.129. The van der Waals surface area contributed by atoms with Crippen LogP contribution >= 0.6 is 0 Å². The predicted octanol–water partition coefficient (Wildman–Crippen LogP) is 2.86. The van der Waals surface area contributed by atoms with Crippen LogP contribution in [0.2, 0.25) is 0 Å². The number of hydrogen-bond donors (Lipinski definition) is 1. The number of benzene rings is 2. The van der Waals surface area contributed by atoms with Crippen LogP contribution < -0.4 is 4.72 Å². The second-order valence-corrected chi connectivity index (χ2v) is 7.21. The maximum Gasteiger partial charge on any atom is 0.241 e. The summed E-state index contributed by atoms with van der Waals surface area (Å²) >= 11 is 0. The zero-order valence-electron chi connectivity index (χ0n) is 12.2. The Labute approximate surface area is 130 Å². The molecule has 0 amide bonds. The largest absolute Gasteiger partial charge is 0.295 e. The summed E-state index contributed by atoms with van der Waals surface area (Å²) in [6.45, 7) is 1.42. The molecule has 3 rings (SSSR count). The zero-order chi connectivity index (χ0) is 15.7. The molecule has 1 aliphatic rings. The Balaban J connectivity index is 1.89. The predicted molar refractivity (Wildman–Crippen MR) is 84.3 cm³/mol. The topological polar surface area (TPSA) is 63.2 Å². The van der Waals surface area contributed by atoms with Crippen molar-refractivity contribution in [1.82, 2.24) is 4.72 Å². The molecule has 2 aromatic carbocycles. The van der Waals surface area contributed by atoms with Gasteiger partial charge < -0.3 is 0 Å². The number of nitrogens with one attached hydrogen (secondary N) is 1. The first-order valence-electron chi connectivity index (χ1n) is 7.18. The summed E-state index contributed by atoms with van der Waals surface area (Å²) in [6, 6.07) is 13.8. The second-order valence-electron chi connectivity index (χ2n) is 5.50. The molecule has 0 aliphatic heterocycles. The first-order valence-corrected chi connectivity index (χ1v) is 8.67. The number of hydrogen-bond acceptors (Lipinski definition) is 3. The van der Waals surface area contributed by atoms with Gasteiger partial charge >= 0.3 is 0 Å². The molecular weight excluding hydrogens is 298 g/mol. The highest BCUT2D eigenvalue weighted by atomic mass is 32.2. The van der Waals surface area contributed by atoms with Gasteiger partial charge in [0, 0.05) is 11.6 Å². The molecule has 22 heavy (non-hydrogen) atoms. The lowest BCUT2D eigenvalue weighted by Crippen LogP contribution is -2.27. The second kappa shape index (κ2) is 5.66. The number of sulfonamides is 1. The quantitative estimate of drug-likeness (QED) is 0.882. The molecule has 4 nitrogen and oxygen atoms in total. The van der Waals surface area contributed by atoms with E-state index in [0.29, 0.717) is 5.56 Å². The van der Waals surface area contributed by atoms with Gasteiger partial charge in [-0.25, -0.2) is 13.1 Å². The summed E-state index contributed by atoms with van der Waals surface area (Å²) in [4.78, 5) is 11.5. The summed E-state index contributed by atoms with van der Waals surface area (Å²) in [5.74, 6) is -0.150. The van der Waals surface area contributed by atoms with Crippen molar-refractivity contribution in [3.8, 4) is 0 Å². The Bertz CT molecular complexity index is 827. The molecule has 1 N–H and O–H groups in total. The van der Waals surface area contributed by atoms with Gasteiger partial charge in [0.1, 0.15) is 0 Å². The lowest BCUT2D eigenvalue weighted by atomic mass is 10.1. The fourth-order valence-electron chi connectivity index (χ4n) is 2.82. The average Bonchev–Trinajstić information content (AvgIpc) is 2.90. The standard InChI is InChI=1S/C17H17NO3S/c1-12(19)14-6-4-7-15(11-14)22(20,21)18-17-10-9-13-5-2-3-8-16(13)17/h2-8,11,17-18H,9-10H2,1H3/t17-/m0/s1. The van der Waals surface area contributed by atoms with E-state index in [2.05, 4.69) is 4.72 Å². The highest BCUT2D eigenvalue weighted by Gasteiger charge is 2.27. The molecule has 1 aliphatic carbocycles. The number of carbonyl (C=O) groups is 1. The maximum absolute atomic E-state index is 12.6. The fourth-order valence-corrected chi connectivity index (χ4v) is 4.11. The summed E-state index contributed by atoms with van der Waals surface area (Å²) in [5, 5.41) is 0. The van der Waals surface area contributed by atoms with Gasteiger partial charge in [0.15, 0.2) is 5.78 Å². The Morgan fingerprint density at radius 1 is 1.14 bits per heavy atom. The number of aryl methyl sites for hydroxylation is 1. The van der Waals surface area contributed by atoms with Crippen LogP contribution in [-0.4, -0.2) is 14.2 Å². The van der Waals surface area contributed by atoms with E-state index in [4.69, 9.17) is 0 Å². The molecular formula is C17H17NO3S. The van der Waals surface area contributed by atoms with Crippen molar-refractivity contribution in [3.63, 3.8) is 0 Å². The van der Waals surface area contributed by atoms with Crippen LogP contribution in [0, 0.1) is 0 Å². The van der Waals surface area contributed by atoms with E-state index in [0.717, 1.165) is 18.4 Å². The molecule has 114 valence electrons. The normalized spacial score (nSPS) is 17.2. The molecule has 5 heteroatoms. The maximum atomic E-state index is 12.6. The van der Waals surface area contributed by atoms with Crippen molar-refractivity contribution < 1.29 is 13.2 Å². The van der Waals surface area contributed by atoms with Gasteiger partial charge in [0.05, 0.1) is 4.90 Å². The fraction of sp³-hybridized carbons (Fsp3) is 0.235. The van der Waals surface area contributed by atoms with E-state index in [1.165, 1.54) is 24.6 Å². The Kier molecular flexibility index (Phi) is 3.85. The highest BCUT2D eigenvalue weighted by Crippen LogP contribution is 2.32. The molecule has 0 fully saturated rings. The molecule has 1 atom stereocenters. The Morgan fingerprint density at radius 2 is 1.91 bits per heavy atom. The van der Waals surface area contributed by atoms with Crippen molar-refractivity contribution in [1.29, 1.82) is 0 Å². The third kappa shape index (κ3) is 2.82. The van der Waals surface area contributed by atoms with Crippen molar-refractivity contribution in [2.45, 2.75) is 30.7 Å². The van der Waals surface area contributed by atoms with Crippen LogP contribution in [0.25, 0.3) is 0 Å². The summed E-state index contributed by atoms with van der Waals surface area (Å²) in [6.07, 6.45) is 1.63. The third-order valence-electron chi connectivity index (χ3n) is 3.98. The summed E-state index contributed by atoms with van der Waals surface area (Å²) in [7, 11) is -3.64. The lowest BCUT2D eigenvalue weighted by molar-refractivity contribution is 0.101. The van der Waals surface area contributed by atoms with Gasteiger partial charge in [-0.2, -0.15) is 0 Å². The van der Waals surface area contributed by atoms with Crippen molar-refractivity contribution in [2.75, 3.05) is 0 Å². The Hall–Kier alpha value is -1.98. The smallest absolute Gasteiger partial charge is 0.241 e. The van der Waals surface area contributed by atoms with Gasteiger partial charge in [0.25, 0.3) is 0 Å². The van der Waals surface area contributed by atoms with E-state index >= 15 is 0 Å². The van der Waals surface area contributed by atoms with E-state index in [9.17, 15) is 13.2 Å². The van der Waals surface area contributed by atoms with Crippen LogP contribution in [0.4, 0.5) is 0 Å². The number of Topliss-reactive ketones (excluding diaryl/α,β-unsaturated/α-hetero) is 1. The summed E-state index contributed by atoms with van der Waals surface area (Å²) in [5.41, 5.74) is 2.62. The van der Waals surface area contributed by atoms with Gasteiger partial charge in [-0.1, -0.05) is 36.4 Å². The lowest BCUT2D eigenvalue weighted by Gasteiger charge is -2.14. The third-order valence-corrected chi connectivity index (χ3v) is 5.45. The van der Waals surface area contributed by atoms with Crippen LogP contribution in [0.15, 0.2) is 53.4 Å². The van der Waals surface area contributed by atoms with Crippen molar-refractivity contribution >= 4 is 15.8 Å². The molecule has 0 bridgehead atoms. The van der Waals surface area contributed by atoms with Crippen LogP contribution in [0.5, 0.6) is 0 Å². The van der Waals surface area contributed by atoms with Crippen LogP contribution in [0.1, 0.15) is 40.9 Å². The van der Waals surface area contributed by atoms with Gasteiger partial charge in [0.2, 0.25) is 10.0 Å². The zero-order valence-corrected chi connectivity index (χ0v) is 13.1. The number of rotatable bonds is 4. The monoisotopic (exact) mass is 315 g/mol. The van der Waals surface area contributed by atoms with Crippen LogP contribution in [-0.2, 0) is 16.4 Å². The van der Waals surface area contributed by atoms with Crippen molar-refractivity contribution in [2.24, 2.45) is 0 Å². The molecule has 0 unspecified atom stereocenters. The highest BCUT2D eigenvalue weighted by molar-refractivity contribution is 7.89. The van der Waals surface area contributed by atoms with Gasteiger partial charge in [-0.05, 0) is 43.0 Å². The SMILES string of the molecule is CC(=O)c1cccc(S(=O)(=O)N[C@H]2CCc3ccccc32)c1. The molecule has 0 saturated heterocycles. The average molecular weight is 315 g/mol. The summed E-state index contributed by atoms with van der Waals surface area (Å²) < 4.78 is 27.9. The minimum Gasteiger partial charge on any atom is -0.295 e. The van der Waals surface area contributed by atoms with Gasteiger partial charge in [-0.15, -0.1) is 0 Å². The van der Waals surface area contributed by atoms with E-state index in [-0.39, 0.29) is 16.7 Å². The molecule has 0 spiro atoms. The molecule has 2 aromatic rings. The minimum atomic E-state index is -3.64. The van der Waals surface area contributed by atoms with E-state index in [1.54, 1.807) is 12.1 Å². The first-order chi connectivity index (χ1) is 10.5. The number of ketones is 1. The van der Waals surface area contributed by atoms with E-state index < -0.39 is 10.0 Å². The van der Waals surface area contributed by atoms with E-state index in [1.807, 2.05) is 24.3 Å². The molecule has 0 aromatic heterocycles. The molecule has 0 radical (unpaired) electrons. The number of fused-ring (bicyclic) bond motifs is 1. The Morgan fingerprint density at radius 3 is 2.68 bits per heavy atom. The van der Waals surface area contributed by atoms with Crippen LogP contribution in [0.3, 0.4) is 0 Å².